The minimum Gasteiger partial charge on any atom is -0.480 e. The highest BCUT2D eigenvalue weighted by Gasteiger charge is 2.40. The summed E-state index contributed by atoms with van der Waals surface area (Å²) in [5, 5.41) is 9.66. The maximum atomic E-state index is 12.8. The Labute approximate surface area is 161 Å². The van der Waals surface area contributed by atoms with Crippen LogP contribution in [0.2, 0.25) is 0 Å². The zero-order valence-electron chi connectivity index (χ0n) is 14.1. The average Bonchev–Trinajstić information content (AvgIpc) is 2.87. The van der Waals surface area contributed by atoms with E-state index in [2.05, 4.69) is 0 Å². The molecule has 26 heavy (non-hydrogen) atoms. The summed E-state index contributed by atoms with van der Waals surface area (Å²) < 4.78 is 0.275. The molecule has 0 saturated carbocycles. The summed E-state index contributed by atoms with van der Waals surface area (Å²) in [5.41, 5.74) is 2.82. The molecule has 1 heterocycles. The van der Waals surface area contributed by atoms with Gasteiger partial charge in [0, 0.05) is 6.42 Å². The lowest BCUT2D eigenvalue weighted by Crippen LogP contribution is -2.45. The Kier molecular flexibility index (Phi) is 5.54. The van der Waals surface area contributed by atoms with E-state index in [-0.39, 0.29) is 16.6 Å². The Morgan fingerprint density at radius 1 is 1.23 bits per heavy atom. The van der Waals surface area contributed by atoms with Crippen molar-refractivity contribution in [2.75, 3.05) is 0 Å². The van der Waals surface area contributed by atoms with E-state index in [1.807, 2.05) is 61.5 Å². The highest BCUT2D eigenvalue weighted by molar-refractivity contribution is 8.26. The molecule has 1 unspecified atom stereocenters. The second kappa shape index (κ2) is 7.85. The van der Waals surface area contributed by atoms with E-state index in [0.29, 0.717) is 4.91 Å². The van der Waals surface area contributed by atoms with Gasteiger partial charge in [-0.25, -0.2) is 4.79 Å². The molecule has 1 aliphatic heterocycles. The number of carboxylic acids is 1. The highest BCUT2D eigenvalue weighted by Crippen LogP contribution is 2.34. The number of aryl methyl sites for hydroxylation is 1. The van der Waals surface area contributed by atoms with Crippen molar-refractivity contribution in [1.82, 2.24) is 4.90 Å². The molecule has 2 aromatic carbocycles. The van der Waals surface area contributed by atoms with E-state index in [0.717, 1.165) is 28.5 Å². The van der Waals surface area contributed by atoms with Crippen LogP contribution >= 0.6 is 24.0 Å². The fraction of sp³-hybridized carbons (Fsp3) is 0.150. The number of nitrogens with zero attached hydrogens (tertiary/aromatic N) is 1. The number of hydrogen-bond acceptors (Lipinski definition) is 4. The van der Waals surface area contributed by atoms with Crippen molar-refractivity contribution in [3.8, 4) is 0 Å². The van der Waals surface area contributed by atoms with Gasteiger partial charge in [-0.3, -0.25) is 9.69 Å². The van der Waals surface area contributed by atoms with Gasteiger partial charge in [-0.2, -0.15) is 0 Å². The lowest BCUT2D eigenvalue weighted by Gasteiger charge is -2.23. The van der Waals surface area contributed by atoms with Crippen molar-refractivity contribution in [3.63, 3.8) is 0 Å². The number of benzene rings is 2. The Hall–Kier alpha value is -2.44. The van der Waals surface area contributed by atoms with Crippen LogP contribution in [0.4, 0.5) is 0 Å². The first kappa shape index (κ1) is 18.4. The number of hydrogen-bond donors (Lipinski definition) is 1. The SMILES string of the molecule is Cc1cccc(C=C2SC(=S)N(C(Cc3ccccc3)C(=O)O)C2=O)c1. The number of carboxylic acid groups (broad SMARTS) is 1. The van der Waals surface area contributed by atoms with Crippen LogP contribution in [-0.4, -0.2) is 32.2 Å². The topological polar surface area (TPSA) is 57.6 Å². The van der Waals surface area contributed by atoms with Crippen molar-refractivity contribution in [3.05, 3.63) is 76.2 Å². The molecule has 1 N–H and O–H groups in total. The Morgan fingerprint density at radius 3 is 2.62 bits per heavy atom. The smallest absolute Gasteiger partial charge is 0.327 e. The number of rotatable bonds is 5. The molecule has 3 rings (SSSR count). The first-order valence-electron chi connectivity index (χ1n) is 8.06. The van der Waals surface area contributed by atoms with Gasteiger partial charge in [-0.05, 0) is 24.1 Å². The molecule has 0 aromatic heterocycles. The molecule has 0 radical (unpaired) electrons. The second-order valence-electron chi connectivity index (χ2n) is 6.01. The lowest BCUT2D eigenvalue weighted by atomic mass is 10.0. The minimum absolute atomic E-state index is 0.209. The van der Waals surface area contributed by atoms with Crippen LogP contribution in [0.1, 0.15) is 16.7 Å². The fourth-order valence-corrected chi connectivity index (χ4v) is 4.14. The number of thioether (sulfide) groups is 1. The molecule has 0 aliphatic carbocycles. The minimum atomic E-state index is -1.07. The van der Waals surface area contributed by atoms with Crippen LogP contribution in [0.5, 0.6) is 0 Å². The van der Waals surface area contributed by atoms with Crippen LogP contribution in [0, 0.1) is 6.92 Å². The zero-order valence-corrected chi connectivity index (χ0v) is 15.7. The van der Waals surface area contributed by atoms with Crippen LogP contribution in [-0.2, 0) is 16.0 Å². The molecule has 0 spiro atoms. The molecule has 132 valence electrons. The van der Waals surface area contributed by atoms with E-state index in [1.165, 1.54) is 4.90 Å². The first-order valence-corrected chi connectivity index (χ1v) is 9.28. The number of amides is 1. The quantitative estimate of drug-likeness (QED) is 0.627. The molecule has 1 aliphatic rings. The maximum Gasteiger partial charge on any atom is 0.327 e. The van der Waals surface area contributed by atoms with Gasteiger partial charge in [-0.15, -0.1) is 0 Å². The van der Waals surface area contributed by atoms with Crippen LogP contribution in [0.3, 0.4) is 0 Å². The van der Waals surface area contributed by atoms with E-state index in [4.69, 9.17) is 12.2 Å². The second-order valence-corrected chi connectivity index (χ2v) is 7.69. The van der Waals surface area contributed by atoms with Gasteiger partial charge in [-0.1, -0.05) is 84.1 Å². The van der Waals surface area contributed by atoms with Gasteiger partial charge in [0.2, 0.25) is 0 Å². The fourth-order valence-electron chi connectivity index (χ4n) is 2.79. The molecule has 1 atom stereocenters. The maximum absolute atomic E-state index is 12.8. The van der Waals surface area contributed by atoms with Gasteiger partial charge in [0.15, 0.2) is 0 Å². The standard InChI is InChI=1S/C20H17NO3S2/c1-13-6-5-9-15(10-13)12-17-18(22)21(20(25)26-17)16(19(23)24)11-14-7-3-2-4-8-14/h2-10,12,16H,11H2,1H3,(H,23,24). The van der Waals surface area contributed by atoms with Crippen LogP contribution in [0.15, 0.2) is 59.5 Å². The van der Waals surface area contributed by atoms with Crippen molar-refractivity contribution in [1.29, 1.82) is 0 Å². The molecular formula is C20H17NO3S2. The zero-order chi connectivity index (χ0) is 18.7. The summed E-state index contributed by atoms with van der Waals surface area (Å²) >= 11 is 6.46. The Balaban J connectivity index is 1.88. The van der Waals surface area contributed by atoms with Crippen molar-refractivity contribution >= 4 is 46.3 Å². The first-order chi connectivity index (χ1) is 12.5. The molecule has 4 nitrogen and oxygen atoms in total. The number of thiocarbonyl (C=S) groups is 1. The third-order valence-corrected chi connectivity index (χ3v) is 5.36. The predicted molar refractivity (Wildman–Crippen MR) is 108 cm³/mol. The molecule has 1 saturated heterocycles. The molecule has 0 bridgehead atoms. The van der Waals surface area contributed by atoms with E-state index in [9.17, 15) is 14.7 Å². The van der Waals surface area contributed by atoms with Crippen molar-refractivity contribution in [2.45, 2.75) is 19.4 Å². The van der Waals surface area contributed by atoms with Gasteiger partial charge < -0.3 is 5.11 Å². The van der Waals surface area contributed by atoms with Crippen molar-refractivity contribution < 1.29 is 14.7 Å². The van der Waals surface area contributed by atoms with Crippen LogP contribution < -0.4 is 0 Å². The van der Waals surface area contributed by atoms with Gasteiger partial charge >= 0.3 is 5.97 Å². The molecular weight excluding hydrogens is 366 g/mol. The van der Waals surface area contributed by atoms with Gasteiger partial charge in [0.25, 0.3) is 5.91 Å². The van der Waals surface area contributed by atoms with E-state index >= 15 is 0 Å². The molecule has 1 amide bonds. The average molecular weight is 383 g/mol. The molecule has 2 aromatic rings. The number of carbonyl (C=O) groups excluding carboxylic acids is 1. The Bertz CT molecular complexity index is 893. The lowest BCUT2D eigenvalue weighted by molar-refractivity contribution is -0.145. The van der Waals surface area contributed by atoms with Gasteiger partial charge in [0.05, 0.1) is 4.91 Å². The summed E-state index contributed by atoms with van der Waals surface area (Å²) in [7, 11) is 0. The Morgan fingerprint density at radius 2 is 1.96 bits per heavy atom. The third kappa shape index (κ3) is 4.03. The largest absolute Gasteiger partial charge is 0.480 e. The normalized spacial score (nSPS) is 17.0. The number of aliphatic carboxylic acids is 1. The van der Waals surface area contributed by atoms with E-state index in [1.54, 1.807) is 6.08 Å². The van der Waals surface area contributed by atoms with Crippen molar-refractivity contribution in [2.24, 2.45) is 0 Å². The van der Waals surface area contributed by atoms with Gasteiger partial charge in [0.1, 0.15) is 10.4 Å². The summed E-state index contributed by atoms with van der Waals surface area (Å²) in [4.78, 5) is 26.3. The molecule has 1 fully saturated rings. The summed E-state index contributed by atoms with van der Waals surface area (Å²) in [6.45, 7) is 1.98. The summed E-state index contributed by atoms with van der Waals surface area (Å²) in [5.74, 6) is -1.42. The van der Waals surface area contributed by atoms with E-state index < -0.39 is 12.0 Å². The summed E-state index contributed by atoms with van der Waals surface area (Å²) in [6.07, 6.45) is 1.97. The highest BCUT2D eigenvalue weighted by atomic mass is 32.2. The predicted octanol–water partition coefficient (Wildman–Crippen LogP) is 3.89. The number of carbonyl (C=O) groups is 2. The summed E-state index contributed by atoms with van der Waals surface area (Å²) in [6, 6.07) is 16.0. The third-order valence-electron chi connectivity index (χ3n) is 4.03. The monoisotopic (exact) mass is 383 g/mol. The molecule has 6 heteroatoms. The van der Waals surface area contributed by atoms with Crippen LogP contribution in [0.25, 0.3) is 6.08 Å².